The molecule has 0 saturated heterocycles. The molecule has 1 aromatic carbocycles. The number of halogens is 1. The summed E-state index contributed by atoms with van der Waals surface area (Å²) in [5.41, 5.74) is 3.20. The molecule has 0 aliphatic carbocycles. The third-order valence-electron chi connectivity index (χ3n) is 3.63. The molecule has 0 fully saturated rings. The Morgan fingerprint density at radius 3 is 3.04 bits per heavy atom. The number of benzene rings is 1. The van der Waals surface area contributed by atoms with Gasteiger partial charge >= 0.3 is 0 Å². The first kappa shape index (κ1) is 17.0. The normalized spacial score (nSPS) is 12.5. The van der Waals surface area contributed by atoms with Crippen molar-refractivity contribution in [2.75, 3.05) is 7.11 Å². The molecule has 8 nitrogen and oxygen atoms in total. The molecule has 0 saturated carbocycles. The predicted octanol–water partition coefficient (Wildman–Crippen LogP) is 3.36. The van der Waals surface area contributed by atoms with Gasteiger partial charge in [-0.2, -0.15) is 0 Å². The lowest BCUT2D eigenvalue weighted by Crippen LogP contribution is -2.13. The minimum atomic E-state index is -0.826. The maximum absolute atomic E-state index is 14.0. The number of fused-ring (bicyclic) bond motifs is 1. The van der Waals surface area contributed by atoms with E-state index in [1.165, 1.54) is 37.1 Å². The quantitative estimate of drug-likeness (QED) is 0.371. The summed E-state index contributed by atoms with van der Waals surface area (Å²) in [6, 6.07) is 6.97. The van der Waals surface area contributed by atoms with Gasteiger partial charge < -0.3 is 14.0 Å². The molecule has 0 bridgehead atoms. The highest BCUT2D eigenvalue weighted by molar-refractivity contribution is 7.16. The minimum absolute atomic E-state index is 0.188. The van der Waals surface area contributed by atoms with E-state index < -0.39 is 11.9 Å². The fourth-order valence-corrected chi connectivity index (χ4v) is 3.11. The van der Waals surface area contributed by atoms with Gasteiger partial charge in [0.1, 0.15) is 18.7 Å². The van der Waals surface area contributed by atoms with Crippen LogP contribution in [-0.4, -0.2) is 33.5 Å². The Hall–Kier alpha value is -3.40. The average Bonchev–Trinajstić information content (AvgIpc) is 3.37. The smallest absolute Gasteiger partial charge is 0.263 e. The highest BCUT2D eigenvalue weighted by Crippen LogP contribution is 2.30. The molecule has 4 aromatic rings. The van der Waals surface area contributed by atoms with Crippen LogP contribution in [0.2, 0.25) is 0 Å². The first-order chi connectivity index (χ1) is 13.2. The highest BCUT2D eigenvalue weighted by atomic mass is 32.1. The van der Waals surface area contributed by atoms with Gasteiger partial charge in [0.2, 0.25) is 12.5 Å². The van der Waals surface area contributed by atoms with E-state index >= 15 is 0 Å². The van der Waals surface area contributed by atoms with Gasteiger partial charge in [-0.25, -0.2) is 9.37 Å². The van der Waals surface area contributed by atoms with Crippen molar-refractivity contribution in [1.82, 2.24) is 20.2 Å². The van der Waals surface area contributed by atoms with Crippen LogP contribution in [-0.2, 0) is 4.84 Å². The number of ether oxygens (including phenoxy) is 1. The van der Waals surface area contributed by atoms with Gasteiger partial charge in [0.05, 0.1) is 33.8 Å². The van der Waals surface area contributed by atoms with E-state index in [4.69, 9.17) is 9.15 Å². The zero-order valence-corrected chi connectivity index (χ0v) is 14.8. The monoisotopic (exact) mass is 385 g/mol. The molecular formula is C17H12FN5O3S. The van der Waals surface area contributed by atoms with Crippen LogP contribution in [0.3, 0.4) is 0 Å². The highest BCUT2D eigenvalue weighted by Gasteiger charge is 2.24. The largest absolute Gasteiger partial charge is 0.474 e. The molecule has 0 N–H and O–H groups in total. The number of oxime groups is 1. The molecule has 1 atom stereocenters. The van der Waals surface area contributed by atoms with Crippen LogP contribution in [0.15, 0.2) is 51.9 Å². The Kier molecular flexibility index (Phi) is 4.71. The maximum atomic E-state index is 14.0. The standard InChI is InChI=1S/C17H12FN5O3S/c1-24-22-6-10-4-14(19-7-12(10)18)16(17-23-21-8-25-17)26-11-2-3-13-15(5-11)27-9-20-13/h2-9,16H,1H3/b22-6-. The number of hydrogen-bond acceptors (Lipinski definition) is 9. The van der Waals surface area contributed by atoms with Crippen molar-refractivity contribution in [3.8, 4) is 5.75 Å². The number of thiazole rings is 1. The van der Waals surface area contributed by atoms with Gasteiger partial charge in [0, 0.05) is 5.56 Å². The summed E-state index contributed by atoms with van der Waals surface area (Å²) in [6.07, 6.45) is 2.68. The lowest BCUT2D eigenvalue weighted by molar-refractivity contribution is 0.203. The lowest BCUT2D eigenvalue weighted by atomic mass is 10.1. The molecule has 3 aromatic heterocycles. The fourth-order valence-electron chi connectivity index (χ4n) is 2.40. The third kappa shape index (κ3) is 3.60. The summed E-state index contributed by atoms with van der Waals surface area (Å²) in [5.74, 6) is 0.205. The van der Waals surface area contributed by atoms with Gasteiger partial charge in [0.25, 0.3) is 5.89 Å². The number of rotatable bonds is 6. The molecular weight excluding hydrogens is 373 g/mol. The first-order valence-electron chi connectivity index (χ1n) is 7.72. The van der Waals surface area contributed by atoms with Gasteiger partial charge in [-0.1, -0.05) is 5.16 Å². The van der Waals surface area contributed by atoms with Gasteiger partial charge in [0.15, 0.2) is 0 Å². The van der Waals surface area contributed by atoms with Crippen molar-refractivity contribution >= 4 is 27.8 Å². The van der Waals surface area contributed by atoms with Gasteiger partial charge in [-0.15, -0.1) is 21.5 Å². The molecule has 27 heavy (non-hydrogen) atoms. The molecule has 0 aliphatic rings. The minimum Gasteiger partial charge on any atom is -0.474 e. The Balaban J connectivity index is 1.72. The zero-order chi connectivity index (χ0) is 18.6. The summed E-state index contributed by atoms with van der Waals surface area (Å²) in [6.45, 7) is 0. The summed E-state index contributed by atoms with van der Waals surface area (Å²) in [7, 11) is 1.37. The van der Waals surface area contributed by atoms with E-state index in [1.807, 2.05) is 12.1 Å². The Labute approximate surface area is 156 Å². The molecule has 4 rings (SSSR count). The van der Waals surface area contributed by atoms with Crippen molar-refractivity contribution < 1.29 is 18.4 Å². The van der Waals surface area contributed by atoms with E-state index in [2.05, 4.69) is 30.2 Å². The Morgan fingerprint density at radius 2 is 2.22 bits per heavy atom. The number of pyridine rings is 1. The van der Waals surface area contributed by atoms with Crippen molar-refractivity contribution in [2.45, 2.75) is 6.10 Å². The van der Waals surface area contributed by atoms with Crippen LogP contribution in [0.5, 0.6) is 5.75 Å². The zero-order valence-electron chi connectivity index (χ0n) is 13.9. The number of aromatic nitrogens is 4. The Morgan fingerprint density at radius 1 is 1.30 bits per heavy atom. The predicted molar refractivity (Wildman–Crippen MR) is 95.2 cm³/mol. The van der Waals surface area contributed by atoms with Crippen molar-refractivity contribution in [1.29, 1.82) is 0 Å². The molecule has 10 heteroatoms. The second-order valence-electron chi connectivity index (χ2n) is 5.30. The topological polar surface area (TPSA) is 95.5 Å². The number of nitrogens with zero attached hydrogens (tertiary/aromatic N) is 5. The molecule has 136 valence electrons. The maximum Gasteiger partial charge on any atom is 0.263 e. The summed E-state index contributed by atoms with van der Waals surface area (Å²) < 4.78 is 26.3. The van der Waals surface area contributed by atoms with Crippen molar-refractivity contribution in [2.24, 2.45) is 5.16 Å². The van der Waals surface area contributed by atoms with Crippen LogP contribution in [0.1, 0.15) is 23.3 Å². The van der Waals surface area contributed by atoms with E-state index in [1.54, 1.807) is 11.6 Å². The van der Waals surface area contributed by atoms with Gasteiger partial charge in [-0.05, 0) is 24.3 Å². The van der Waals surface area contributed by atoms with Gasteiger partial charge in [-0.3, -0.25) is 4.98 Å². The van der Waals surface area contributed by atoms with Crippen molar-refractivity contribution in [3.63, 3.8) is 0 Å². The van der Waals surface area contributed by atoms with E-state index in [0.29, 0.717) is 11.4 Å². The second-order valence-corrected chi connectivity index (χ2v) is 6.19. The third-order valence-corrected chi connectivity index (χ3v) is 4.42. The molecule has 0 radical (unpaired) electrons. The van der Waals surface area contributed by atoms with Crippen LogP contribution in [0, 0.1) is 5.82 Å². The molecule has 1 unspecified atom stereocenters. The van der Waals surface area contributed by atoms with Crippen LogP contribution in [0.4, 0.5) is 4.39 Å². The van der Waals surface area contributed by atoms with Crippen molar-refractivity contribution in [3.05, 3.63) is 65.3 Å². The fraction of sp³-hybridized carbons (Fsp3) is 0.118. The SMILES string of the molecule is CO/N=C\c1cc(C(Oc2ccc3ncsc3c2)c2nnco2)ncc1F. The lowest BCUT2D eigenvalue weighted by Gasteiger charge is -2.16. The van der Waals surface area contributed by atoms with E-state index in [-0.39, 0.29) is 11.5 Å². The second kappa shape index (κ2) is 7.46. The van der Waals surface area contributed by atoms with Crippen LogP contribution in [0.25, 0.3) is 10.2 Å². The summed E-state index contributed by atoms with van der Waals surface area (Å²) >= 11 is 1.50. The molecule has 3 heterocycles. The summed E-state index contributed by atoms with van der Waals surface area (Å²) in [5, 5.41) is 11.2. The Bertz CT molecular complexity index is 1080. The molecule has 0 amide bonds. The molecule has 0 aliphatic heterocycles. The summed E-state index contributed by atoms with van der Waals surface area (Å²) in [4.78, 5) is 13.0. The van der Waals surface area contributed by atoms with E-state index in [9.17, 15) is 4.39 Å². The number of hydrogen-bond donors (Lipinski definition) is 0. The first-order valence-corrected chi connectivity index (χ1v) is 8.60. The van der Waals surface area contributed by atoms with E-state index in [0.717, 1.165) is 16.4 Å². The van der Waals surface area contributed by atoms with Crippen LogP contribution < -0.4 is 4.74 Å². The van der Waals surface area contributed by atoms with Crippen LogP contribution >= 0.6 is 11.3 Å². The average molecular weight is 385 g/mol. The molecule has 0 spiro atoms.